The standard InChI is InChI=1S/C29H27FN4O5/c1-4-27(35)34-24-15-21-23(16-26(24)38-3)31-17-32-29(21)39-25-13-10-19(14-22(25)30)33-28(36)7-5-6-18-8-11-20(37-2)12-9-18/h4,8-17H,1,5-7H2,2-3H3,(H,33,36)(H,34,35). The molecule has 1 aromatic heterocycles. The maximum Gasteiger partial charge on any atom is 0.247 e. The third kappa shape index (κ3) is 6.86. The molecule has 200 valence electrons. The van der Waals surface area contributed by atoms with Crippen LogP contribution >= 0.6 is 0 Å². The Kier molecular flexibility index (Phi) is 8.67. The molecule has 9 nitrogen and oxygen atoms in total. The van der Waals surface area contributed by atoms with Gasteiger partial charge in [0.1, 0.15) is 17.8 Å². The Bertz CT molecular complexity index is 1510. The number of amides is 2. The molecule has 0 spiro atoms. The van der Waals surface area contributed by atoms with Crippen LogP contribution in [0.1, 0.15) is 18.4 Å². The van der Waals surface area contributed by atoms with E-state index < -0.39 is 11.7 Å². The molecule has 3 aromatic carbocycles. The average Bonchev–Trinajstić information content (AvgIpc) is 2.94. The van der Waals surface area contributed by atoms with Crippen molar-refractivity contribution in [3.05, 3.63) is 85.0 Å². The van der Waals surface area contributed by atoms with Crippen LogP contribution in [0.4, 0.5) is 15.8 Å². The quantitative estimate of drug-likeness (QED) is 0.241. The maximum absolute atomic E-state index is 14.9. The molecule has 0 aliphatic heterocycles. The van der Waals surface area contributed by atoms with Crippen LogP contribution in [0.3, 0.4) is 0 Å². The van der Waals surface area contributed by atoms with Gasteiger partial charge < -0.3 is 24.8 Å². The van der Waals surface area contributed by atoms with Gasteiger partial charge in [-0.1, -0.05) is 18.7 Å². The highest BCUT2D eigenvalue weighted by Crippen LogP contribution is 2.35. The van der Waals surface area contributed by atoms with E-state index in [-0.39, 0.29) is 24.0 Å². The molecule has 0 saturated heterocycles. The molecule has 0 bridgehead atoms. The van der Waals surface area contributed by atoms with Crippen LogP contribution in [0.25, 0.3) is 10.9 Å². The fourth-order valence-electron chi connectivity index (χ4n) is 3.83. The minimum atomic E-state index is -0.688. The number of anilines is 2. The van der Waals surface area contributed by atoms with Crippen molar-refractivity contribution in [3.8, 4) is 23.1 Å². The van der Waals surface area contributed by atoms with E-state index in [1.165, 1.54) is 25.6 Å². The van der Waals surface area contributed by atoms with Crippen molar-refractivity contribution in [2.45, 2.75) is 19.3 Å². The number of hydrogen-bond acceptors (Lipinski definition) is 7. The molecule has 0 aliphatic carbocycles. The van der Waals surface area contributed by atoms with E-state index in [0.717, 1.165) is 23.8 Å². The van der Waals surface area contributed by atoms with Crippen molar-refractivity contribution < 1.29 is 28.2 Å². The van der Waals surface area contributed by atoms with Gasteiger partial charge in [0.05, 0.1) is 30.8 Å². The normalized spacial score (nSPS) is 10.5. The van der Waals surface area contributed by atoms with Gasteiger partial charge in [-0.05, 0) is 54.8 Å². The Morgan fingerprint density at radius 3 is 2.46 bits per heavy atom. The number of aromatic nitrogens is 2. The third-order valence-electron chi connectivity index (χ3n) is 5.81. The molecule has 1 heterocycles. The smallest absolute Gasteiger partial charge is 0.247 e. The molecule has 0 unspecified atom stereocenters. The Morgan fingerprint density at radius 2 is 1.77 bits per heavy atom. The third-order valence-corrected chi connectivity index (χ3v) is 5.81. The number of ether oxygens (including phenoxy) is 3. The first kappa shape index (κ1) is 27.1. The highest BCUT2D eigenvalue weighted by molar-refractivity contribution is 6.02. The molecule has 39 heavy (non-hydrogen) atoms. The highest BCUT2D eigenvalue weighted by Gasteiger charge is 2.15. The van der Waals surface area contributed by atoms with E-state index in [9.17, 15) is 14.0 Å². The van der Waals surface area contributed by atoms with E-state index in [4.69, 9.17) is 14.2 Å². The Labute approximate surface area is 224 Å². The van der Waals surface area contributed by atoms with Gasteiger partial charge in [0.15, 0.2) is 11.6 Å². The molecule has 2 amide bonds. The van der Waals surface area contributed by atoms with Crippen molar-refractivity contribution in [2.24, 2.45) is 0 Å². The van der Waals surface area contributed by atoms with Crippen LogP contribution in [-0.2, 0) is 16.0 Å². The minimum absolute atomic E-state index is 0.0750. The number of nitrogens with one attached hydrogen (secondary N) is 2. The lowest BCUT2D eigenvalue weighted by Gasteiger charge is -2.13. The summed E-state index contributed by atoms with van der Waals surface area (Å²) >= 11 is 0. The zero-order valence-electron chi connectivity index (χ0n) is 21.5. The lowest BCUT2D eigenvalue weighted by atomic mass is 10.1. The van der Waals surface area contributed by atoms with Gasteiger partial charge in [-0.25, -0.2) is 14.4 Å². The van der Waals surface area contributed by atoms with Crippen LogP contribution in [0.5, 0.6) is 23.1 Å². The lowest BCUT2D eigenvalue weighted by molar-refractivity contribution is -0.116. The zero-order valence-corrected chi connectivity index (χ0v) is 21.5. The number of halogens is 1. The Morgan fingerprint density at radius 1 is 0.974 bits per heavy atom. The average molecular weight is 531 g/mol. The number of carbonyl (C=O) groups excluding carboxylic acids is 2. The minimum Gasteiger partial charge on any atom is -0.497 e. The summed E-state index contributed by atoms with van der Waals surface area (Å²) < 4.78 is 31.1. The summed E-state index contributed by atoms with van der Waals surface area (Å²) in [5, 5.41) is 5.78. The van der Waals surface area contributed by atoms with Gasteiger partial charge in [-0.3, -0.25) is 9.59 Å². The van der Waals surface area contributed by atoms with E-state index in [1.54, 1.807) is 25.3 Å². The van der Waals surface area contributed by atoms with Gasteiger partial charge in [0.25, 0.3) is 0 Å². The van der Waals surface area contributed by atoms with Crippen molar-refractivity contribution in [2.75, 3.05) is 24.9 Å². The number of benzene rings is 3. The summed E-state index contributed by atoms with van der Waals surface area (Å²) in [6, 6.07) is 15.0. The van der Waals surface area contributed by atoms with Crippen molar-refractivity contribution in [1.82, 2.24) is 9.97 Å². The first-order chi connectivity index (χ1) is 18.9. The van der Waals surface area contributed by atoms with Crippen LogP contribution in [0, 0.1) is 5.82 Å². The van der Waals surface area contributed by atoms with E-state index in [2.05, 4.69) is 27.2 Å². The SMILES string of the molecule is C=CC(=O)Nc1cc2c(Oc3ccc(NC(=O)CCCc4ccc(OC)cc4)cc3F)ncnc2cc1OC. The fourth-order valence-corrected chi connectivity index (χ4v) is 3.83. The number of rotatable bonds is 11. The maximum atomic E-state index is 14.9. The summed E-state index contributed by atoms with van der Waals surface area (Å²) in [6.07, 6.45) is 4.06. The second-order valence-electron chi connectivity index (χ2n) is 8.44. The molecule has 2 N–H and O–H groups in total. The summed E-state index contributed by atoms with van der Waals surface area (Å²) in [7, 11) is 3.07. The molecule has 0 saturated carbocycles. The molecular formula is C29H27FN4O5. The van der Waals surface area contributed by atoms with Crippen molar-refractivity contribution in [3.63, 3.8) is 0 Å². The number of methoxy groups -OCH3 is 2. The summed E-state index contributed by atoms with van der Waals surface area (Å²) in [4.78, 5) is 32.5. The topological polar surface area (TPSA) is 112 Å². The molecule has 0 aliphatic rings. The monoisotopic (exact) mass is 530 g/mol. The van der Waals surface area contributed by atoms with E-state index in [1.807, 2.05) is 24.3 Å². The summed E-state index contributed by atoms with van der Waals surface area (Å²) in [5.74, 6) is -0.214. The van der Waals surface area contributed by atoms with Gasteiger partial charge in [-0.2, -0.15) is 0 Å². The summed E-state index contributed by atoms with van der Waals surface area (Å²) in [6.45, 7) is 3.44. The number of fused-ring (bicyclic) bond motifs is 1. The zero-order chi connectivity index (χ0) is 27.8. The fraction of sp³-hybridized carbons (Fsp3) is 0.172. The molecule has 0 fully saturated rings. The lowest BCUT2D eigenvalue weighted by Crippen LogP contribution is -2.11. The molecule has 4 rings (SSSR count). The van der Waals surface area contributed by atoms with Crippen LogP contribution < -0.4 is 24.8 Å². The first-order valence-corrected chi connectivity index (χ1v) is 12.1. The van der Waals surface area contributed by atoms with Gasteiger partial charge in [0, 0.05) is 24.2 Å². The molecule has 10 heteroatoms. The van der Waals surface area contributed by atoms with Crippen LogP contribution in [0.15, 0.2) is 73.6 Å². The number of hydrogen-bond donors (Lipinski definition) is 2. The number of carbonyl (C=O) groups is 2. The number of nitrogens with zero attached hydrogens (tertiary/aromatic N) is 2. The molecule has 0 atom stereocenters. The van der Waals surface area contributed by atoms with E-state index >= 15 is 0 Å². The van der Waals surface area contributed by atoms with Gasteiger partial charge in [-0.15, -0.1) is 0 Å². The molecular weight excluding hydrogens is 503 g/mol. The first-order valence-electron chi connectivity index (χ1n) is 12.1. The van der Waals surface area contributed by atoms with Crippen LogP contribution in [0.2, 0.25) is 0 Å². The predicted molar refractivity (Wildman–Crippen MR) is 146 cm³/mol. The number of aryl methyl sites for hydroxylation is 1. The van der Waals surface area contributed by atoms with Gasteiger partial charge >= 0.3 is 0 Å². The van der Waals surface area contributed by atoms with Crippen LogP contribution in [-0.4, -0.2) is 36.0 Å². The Hall–Kier alpha value is -4.99. The largest absolute Gasteiger partial charge is 0.497 e. The Balaban J connectivity index is 1.42. The molecule has 0 radical (unpaired) electrons. The highest BCUT2D eigenvalue weighted by atomic mass is 19.1. The molecule has 4 aromatic rings. The van der Waals surface area contributed by atoms with Crippen molar-refractivity contribution >= 4 is 34.1 Å². The second-order valence-corrected chi connectivity index (χ2v) is 8.44. The van der Waals surface area contributed by atoms with Gasteiger partial charge in [0.2, 0.25) is 17.7 Å². The van der Waals surface area contributed by atoms with E-state index in [0.29, 0.717) is 34.4 Å². The second kappa shape index (κ2) is 12.5. The predicted octanol–water partition coefficient (Wildman–Crippen LogP) is 5.66. The summed E-state index contributed by atoms with van der Waals surface area (Å²) in [5.41, 5.74) is 2.22. The van der Waals surface area contributed by atoms with Crippen molar-refractivity contribution in [1.29, 1.82) is 0 Å².